The van der Waals surface area contributed by atoms with Crippen molar-refractivity contribution < 1.29 is 17.2 Å². The highest BCUT2D eigenvalue weighted by atomic mass is 32.2. The van der Waals surface area contributed by atoms with Gasteiger partial charge in [0.2, 0.25) is 10.0 Å². The largest absolute Gasteiger partial charge is 0.284 e. The van der Waals surface area contributed by atoms with Crippen LogP contribution in [-0.4, -0.2) is 14.7 Å². The molecule has 0 radical (unpaired) electrons. The fraction of sp³-hybridized carbons (Fsp3) is 0.538. The molecule has 0 atom stereocenters. The Bertz CT molecular complexity index is 525. The molecule has 0 saturated carbocycles. The van der Waals surface area contributed by atoms with E-state index in [1.807, 2.05) is 0 Å². The van der Waals surface area contributed by atoms with Crippen LogP contribution in [-0.2, 0) is 15.9 Å². The summed E-state index contributed by atoms with van der Waals surface area (Å²) in [4.78, 5) is 0. The summed E-state index contributed by atoms with van der Waals surface area (Å²) < 4.78 is 52.9. The van der Waals surface area contributed by atoms with Crippen LogP contribution in [0.4, 0.5) is 14.5 Å². The number of alkyl halides is 2. The molecule has 0 heterocycles. The summed E-state index contributed by atoms with van der Waals surface area (Å²) in [5, 5.41) is 0. The van der Waals surface area contributed by atoms with Crippen molar-refractivity contribution in [2.75, 3.05) is 11.0 Å². The van der Waals surface area contributed by atoms with Crippen molar-refractivity contribution in [1.29, 1.82) is 0 Å². The van der Waals surface area contributed by atoms with Gasteiger partial charge in [-0.25, -0.2) is 17.2 Å². The van der Waals surface area contributed by atoms with Crippen molar-refractivity contribution in [1.82, 2.24) is 0 Å². The number of anilines is 1. The lowest BCUT2D eigenvalue weighted by atomic mass is 9.90. The summed E-state index contributed by atoms with van der Waals surface area (Å²) in [7, 11) is -3.47. The first-order valence-electron chi connectivity index (χ1n) is 6.16. The van der Waals surface area contributed by atoms with E-state index in [1.54, 1.807) is 13.8 Å². The van der Waals surface area contributed by atoms with Gasteiger partial charge < -0.3 is 0 Å². The molecule has 0 fully saturated rings. The van der Waals surface area contributed by atoms with Gasteiger partial charge in [0.1, 0.15) is 0 Å². The molecule has 0 aliphatic carbocycles. The zero-order valence-electron chi connectivity index (χ0n) is 11.3. The maximum absolute atomic E-state index is 14.3. The van der Waals surface area contributed by atoms with Crippen molar-refractivity contribution in [3.05, 3.63) is 29.8 Å². The molecule has 1 aromatic rings. The topological polar surface area (TPSA) is 46.2 Å². The van der Waals surface area contributed by atoms with E-state index in [9.17, 15) is 17.2 Å². The van der Waals surface area contributed by atoms with Crippen molar-refractivity contribution in [3.8, 4) is 0 Å². The Labute approximate surface area is 113 Å². The van der Waals surface area contributed by atoms with Crippen molar-refractivity contribution in [2.45, 2.75) is 32.6 Å². The smallest absolute Gasteiger partial charge is 0.276 e. The lowest BCUT2D eigenvalue weighted by Crippen LogP contribution is -2.25. The fourth-order valence-electron chi connectivity index (χ4n) is 2.04. The van der Waals surface area contributed by atoms with E-state index in [0.29, 0.717) is 12.8 Å². The molecule has 19 heavy (non-hydrogen) atoms. The molecule has 0 saturated heterocycles. The standard InChI is InChI=1S/C13H19F2NO2S/c1-4-10(5-2)13(14,15)11-7-6-8-12(9-11)16-19(3,17)18/h6-10,16H,4-5H2,1-3H3. The van der Waals surface area contributed by atoms with Crippen LogP contribution in [0.5, 0.6) is 0 Å². The van der Waals surface area contributed by atoms with Gasteiger partial charge in [0, 0.05) is 17.2 Å². The minimum absolute atomic E-state index is 0.158. The molecule has 0 bridgehead atoms. The van der Waals surface area contributed by atoms with E-state index in [-0.39, 0.29) is 11.3 Å². The number of benzene rings is 1. The van der Waals surface area contributed by atoms with Crippen LogP contribution in [0.2, 0.25) is 0 Å². The van der Waals surface area contributed by atoms with Crippen molar-refractivity contribution >= 4 is 15.7 Å². The minimum Gasteiger partial charge on any atom is -0.284 e. The second kappa shape index (κ2) is 5.86. The molecule has 0 aliphatic rings. The third-order valence-electron chi connectivity index (χ3n) is 3.05. The fourth-order valence-corrected chi connectivity index (χ4v) is 2.60. The predicted octanol–water partition coefficient (Wildman–Crippen LogP) is 3.59. The van der Waals surface area contributed by atoms with Gasteiger partial charge in [-0.1, -0.05) is 26.0 Å². The number of sulfonamides is 1. The first-order valence-corrected chi connectivity index (χ1v) is 8.06. The molecule has 0 unspecified atom stereocenters. The Kier molecular flexibility index (Phi) is 4.90. The molecule has 0 amide bonds. The van der Waals surface area contributed by atoms with E-state index in [2.05, 4.69) is 4.72 Å². The van der Waals surface area contributed by atoms with Crippen LogP contribution in [0.15, 0.2) is 24.3 Å². The number of hydrogen-bond acceptors (Lipinski definition) is 2. The zero-order valence-corrected chi connectivity index (χ0v) is 12.1. The Morgan fingerprint density at radius 3 is 2.32 bits per heavy atom. The van der Waals surface area contributed by atoms with Crippen LogP contribution in [0.3, 0.4) is 0 Å². The lowest BCUT2D eigenvalue weighted by molar-refractivity contribution is -0.0679. The highest BCUT2D eigenvalue weighted by Gasteiger charge is 2.39. The summed E-state index contributed by atoms with van der Waals surface area (Å²) in [5.74, 6) is -3.71. The Morgan fingerprint density at radius 2 is 1.84 bits per heavy atom. The quantitative estimate of drug-likeness (QED) is 0.870. The second-order valence-electron chi connectivity index (χ2n) is 4.59. The summed E-state index contributed by atoms with van der Waals surface area (Å²) in [6.07, 6.45) is 1.72. The maximum Gasteiger partial charge on any atom is 0.276 e. The van der Waals surface area contributed by atoms with Gasteiger partial charge in [-0.15, -0.1) is 0 Å². The van der Waals surface area contributed by atoms with Crippen LogP contribution in [0.1, 0.15) is 32.3 Å². The van der Waals surface area contributed by atoms with E-state index < -0.39 is 21.9 Å². The second-order valence-corrected chi connectivity index (χ2v) is 6.34. The Hall–Kier alpha value is -1.17. The molecule has 0 aliphatic heterocycles. The highest BCUT2D eigenvalue weighted by molar-refractivity contribution is 7.92. The van der Waals surface area contributed by atoms with Gasteiger partial charge in [0.05, 0.1) is 6.26 Å². The first-order chi connectivity index (χ1) is 8.70. The summed E-state index contributed by atoms with van der Waals surface area (Å²) in [6.45, 7) is 3.45. The van der Waals surface area contributed by atoms with Crippen LogP contribution < -0.4 is 4.72 Å². The monoisotopic (exact) mass is 291 g/mol. The third kappa shape index (κ3) is 4.16. The molecular weight excluding hydrogens is 272 g/mol. The molecule has 108 valence electrons. The molecule has 3 nitrogen and oxygen atoms in total. The molecule has 1 N–H and O–H groups in total. The molecule has 1 rings (SSSR count). The van der Waals surface area contributed by atoms with E-state index in [4.69, 9.17) is 0 Å². The SMILES string of the molecule is CCC(CC)C(F)(F)c1cccc(NS(C)(=O)=O)c1. The zero-order chi connectivity index (χ0) is 14.7. The number of hydrogen-bond donors (Lipinski definition) is 1. The third-order valence-corrected chi connectivity index (χ3v) is 3.66. The number of halogens is 2. The number of rotatable bonds is 6. The molecule has 0 aromatic heterocycles. The normalized spacial score (nSPS) is 12.7. The number of nitrogens with one attached hydrogen (secondary N) is 1. The van der Waals surface area contributed by atoms with Crippen molar-refractivity contribution in [3.63, 3.8) is 0 Å². The van der Waals surface area contributed by atoms with Gasteiger partial charge in [-0.05, 0) is 25.0 Å². The van der Waals surface area contributed by atoms with E-state index >= 15 is 0 Å². The van der Waals surface area contributed by atoms with Crippen LogP contribution >= 0.6 is 0 Å². The van der Waals surface area contributed by atoms with Crippen LogP contribution in [0.25, 0.3) is 0 Å². The van der Waals surface area contributed by atoms with E-state index in [1.165, 1.54) is 24.3 Å². The molecular formula is C13H19F2NO2S. The van der Waals surface area contributed by atoms with Crippen LogP contribution in [0, 0.1) is 5.92 Å². The van der Waals surface area contributed by atoms with E-state index in [0.717, 1.165) is 6.26 Å². The Balaban J connectivity index is 3.11. The summed E-state index contributed by atoms with van der Waals surface area (Å²) in [5.41, 5.74) is 0.000445. The maximum atomic E-state index is 14.3. The summed E-state index contributed by atoms with van der Waals surface area (Å²) in [6, 6.07) is 5.40. The average Bonchev–Trinajstić information content (AvgIpc) is 2.28. The van der Waals surface area contributed by atoms with Gasteiger partial charge >= 0.3 is 0 Å². The van der Waals surface area contributed by atoms with Crippen molar-refractivity contribution in [2.24, 2.45) is 5.92 Å². The van der Waals surface area contributed by atoms with Gasteiger partial charge in [-0.2, -0.15) is 0 Å². The van der Waals surface area contributed by atoms with Gasteiger partial charge in [0.15, 0.2) is 0 Å². The molecule has 6 heteroatoms. The Morgan fingerprint density at radius 1 is 1.26 bits per heavy atom. The first kappa shape index (κ1) is 15.9. The predicted molar refractivity (Wildman–Crippen MR) is 72.9 cm³/mol. The molecule has 1 aromatic carbocycles. The van der Waals surface area contributed by atoms with Gasteiger partial charge in [-0.3, -0.25) is 4.72 Å². The highest BCUT2D eigenvalue weighted by Crippen LogP contribution is 2.40. The average molecular weight is 291 g/mol. The van der Waals surface area contributed by atoms with Gasteiger partial charge in [0.25, 0.3) is 5.92 Å². The lowest BCUT2D eigenvalue weighted by Gasteiger charge is -2.25. The molecule has 0 spiro atoms. The summed E-state index contributed by atoms with van der Waals surface area (Å²) >= 11 is 0. The minimum atomic E-state index is -3.47.